The summed E-state index contributed by atoms with van der Waals surface area (Å²) in [6, 6.07) is 6.22. The Morgan fingerprint density at radius 2 is 1.90 bits per heavy atom. The van der Waals surface area contributed by atoms with Gasteiger partial charge in [0.15, 0.2) is 0 Å². The fraction of sp³-hybridized carbons (Fsp3) is 0.500. The maximum absolute atomic E-state index is 13.0. The maximum Gasteiger partial charge on any atom is 0.254 e. The molecule has 0 radical (unpaired) electrons. The largest absolute Gasteiger partial charge is 0.336 e. The maximum atomic E-state index is 13.0. The molecule has 0 N–H and O–H groups in total. The molecule has 1 aliphatic heterocycles. The van der Waals surface area contributed by atoms with Crippen molar-refractivity contribution in [3.63, 3.8) is 0 Å². The lowest BCUT2D eigenvalue weighted by molar-refractivity contribution is 0.0628. The molecular formula is C22H31ClN6O. The lowest BCUT2D eigenvalue weighted by Gasteiger charge is -2.34. The first-order valence-electron chi connectivity index (χ1n) is 10.5. The number of fused-ring (bicyclic) bond motifs is 1. The summed E-state index contributed by atoms with van der Waals surface area (Å²) in [6.45, 7) is 13.5. The van der Waals surface area contributed by atoms with Gasteiger partial charge in [-0.15, -0.1) is 12.4 Å². The van der Waals surface area contributed by atoms with E-state index in [0.29, 0.717) is 6.04 Å². The van der Waals surface area contributed by atoms with Crippen LogP contribution < -0.4 is 0 Å². The summed E-state index contributed by atoms with van der Waals surface area (Å²) in [6.07, 6.45) is 3.99. The molecule has 3 heterocycles. The summed E-state index contributed by atoms with van der Waals surface area (Å²) >= 11 is 0. The van der Waals surface area contributed by atoms with E-state index < -0.39 is 0 Å². The molecular weight excluding hydrogens is 400 g/mol. The van der Waals surface area contributed by atoms with E-state index in [2.05, 4.69) is 53.4 Å². The van der Waals surface area contributed by atoms with Gasteiger partial charge in [0, 0.05) is 62.6 Å². The molecule has 1 saturated heterocycles. The number of aryl methyl sites for hydroxylation is 2. The normalized spacial score (nSPS) is 15.0. The molecule has 0 saturated carbocycles. The molecule has 0 aliphatic carbocycles. The number of hydrogen-bond acceptors (Lipinski definition) is 4. The van der Waals surface area contributed by atoms with Crippen molar-refractivity contribution in [1.82, 2.24) is 29.1 Å². The third kappa shape index (κ3) is 4.37. The predicted molar refractivity (Wildman–Crippen MR) is 121 cm³/mol. The van der Waals surface area contributed by atoms with E-state index in [9.17, 15) is 4.79 Å². The van der Waals surface area contributed by atoms with E-state index in [4.69, 9.17) is 0 Å². The Bertz CT molecular complexity index is 1020. The summed E-state index contributed by atoms with van der Waals surface area (Å²) in [5.74, 6) is 0.0978. The van der Waals surface area contributed by atoms with Crippen LogP contribution in [0.25, 0.3) is 11.0 Å². The number of aromatic nitrogens is 4. The minimum atomic E-state index is 0. The number of carbonyl (C=O) groups is 1. The Balaban J connectivity index is 0.00000256. The monoisotopic (exact) mass is 430 g/mol. The molecule has 1 fully saturated rings. The van der Waals surface area contributed by atoms with Crippen molar-refractivity contribution in [3.8, 4) is 0 Å². The first-order valence-corrected chi connectivity index (χ1v) is 10.5. The quantitative estimate of drug-likeness (QED) is 0.621. The number of hydrogen-bond donors (Lipinski definition) is 0. The Morgan fingerprint density at radius 3 is 2.53 bits per heavy atom. The van der Waals surface area contributed by atoms with E-state index in [1.165, 1.54) is 5.56 Å². The molecule has 7 nitrogen and oxygen atoms in total. The summed E-state index contributed by atoms with van der Waals surface area (Å²) in [4.78, 5) is 21.8. The van der Waals surface area contributed by atoms with Crippen molar-refractivity contribution in [2.24, 2.45) is 0 Å². The molecule has 8 heteroatoms. The average Bonchev–Trinajstić information content (AvgIpc) is 3.31. The minimum Gasteiger partial charge on any atom is -0.336 e. The van der Waals surface area contributed by atoms with Crippen LogP contribution in [0.15, 0.2) is 30.7 Å². The third-order valence-electron chi connectivity index (χ3n) is 5.80. The third-order valence-corrected chi connectivity index (χ3v) is 5.80. The van der Waals surface area contributed by atoms with Gasteiger partial charge in [-0.05, 0) is 45.9 Å². The molecule has 0 unspecified atom stereocenters. The van der Waals surface area contributed by atoms with E-state index in [0.717, 1.165) is 61.6 Å². The van der Waals surface area contributed by atoms with Gasteiger partial charge in [-0.3, -0.25) is 14.4 Å². The highest BCUT2D eigenvalue weighted by Crippen LogP contribution is 2.20. The second kappa shape index (κ2) is 9.18. The summed E-state index contributed by atoms with van der Waals surface area (Å²) in [7, 11) is 0. The number of imidazole rings is 1. The Labute approximate surface area is 184 Å². The molecule has 4 rings (SSSR count). The topological polar surface area (TPSA) is 59.2 Å². The highest BCUT2D eigenvalue weighted by Gasteiger charge is 2.23. The average molecular weight is 431 g/mol. The first kappa shape index (κ1) is 22.3. The van der Waals surface area contributed by atoms with Crippen molar-refractivity contribution in [2.45, 2.75) is 46.8 Å². The SMILES string of the molecule is CCn1cc(CN2CCN(C(=O)c3ccc4c(c3)ncn4C(C)C)CC2)c(C)n1.Cl. The first-order chi connectivity index (χ1) is 14.0. The number of nitrogens with zero attached hydrogens (tertiary/aromatic N) is 6. The van der Waals surface area contributed by atoms with Gasteiger partial charge >= 0.3 is 0 Å². The van der Waals surface area contributed by atoms with Crippen molar-refractivity contribution in [1.29, 1.82) is 0 Å². The van der Waals surface area contributed by atoms with Gasteiger partial charge in [-0.2, -0.15) is 5.10 Å². The minimum absolute atomic E-state index is 0. The molecule has 0 spiro atoms. The number of carbonyl (C=O) groups excluding carboxylic acids is 1. The van der Waals surface area contributed by atoms with Crippen LogP contribution in [0.5, 0.6) is 0 Å². The standard InChI is InChI=1S/C22H30N6O.ClH/c1-5-27-14-19(17(4)24-27)13-25-8-10-26(11-9-25)22(29)18-6-7-21-20(12-18)23-15-28(21)16(2)3;/h6-7,12,14-16H,5,8-11,13H2,1-4H3;1H. The van der Waals surface area contributed by atoms with E-state index in [1.54, 1.807) is 0 Å². The summed E-state index contributed by atoms with van der Waals surface area (Å²) < 4.78 is 4.12. The van der Waals surface area contributed by atoms with Gasteiger partial charge in [-0.1, -0.05) is 0 Å². The number of rotatable bonds is 5. The van der Waals surface area contributed by atoms with Crippen LogP contribution in [0.1, 0.15) is 48.4 Å². The number of benzene rings is 1. The van der Waals surface area contributed by atoms with Crippen LogP contribution in [-0.2, 0) is 13.1 Å². The molecule has 2 aromatic heterocycles. The van der Waals surface area contributed by atoms with Crippen LogP contribution in [0.2, 0.25) is 0 Å². The lowest BCUT2D eigenvalue weighted by Crippen LogP contribution is -2.48. The zero-order valence-electron chi connectivity index (χ0n) is 18.2. The van der Waals surface area contributed by atoms with Crippen molar-refractivity contribution in [3.05, 3.63) is 47.5 Å². The zero-order chi connectivity index (χ0) is 20.5. The molecule has 3 aromatic rings. The van der Waals surface area contributed by atoms with E-state index in [-0.39, 0.29) is 18.3 Å². The molecule has 1 amide bonds. The molecule has 1 aromatic carbocycles. The number of piperazine rings is 1. The summed E-state index contributed by atoms with van der Waals surface area (Å²) in [5.41, 5.74) is 5.05. The van der Waals surface area contributed by atoms with Crippen molar-refractivity contribution < 1.29 is 4.79 Å². The number of amides is 1. The van der Waals surface area contributed by atoms with Gasteiger partial charge in [0.2, 0.25) is 0 Å². The van der Waals surface area contributed by atoms with E-state index >= 15 is 0 Å². The fourth-order valence-corrected chi connectivity index (χ4v) is 3.99. The Kier molecular flexibility index (Phi) is 6.83. The van der Waals surface area contributed by atoms with Gasteiger partial charge < -0.3 is 9.47 Å². The van der Waals surface area contributed by atoms with Crippen LogP contribution >= 0.6 is 12.4 Å². The van der Waals surface area contributed by atoms with E-state index in [1.807, 2.05) is 34.1 Å². The van der Waals surface area contributed by atoms with Crippen molar-refractivity contribution in [2.75, 3.05) is 26.2 Å². The van der Waals surface area contributed by atoms with Crippen molar-refractivity contribution >= 4 is 29.3 Å². The fourth-order valence-electron chi connectivity index (χ4n) is 3.99. The van der Waals surface area contributed by atoms with Crippen LogP contribution in [0, 0.1) is 6.92 Å². The summed E-state index contributed by atoms with van der Waals surface area (Å²) in [5, 5.41) is 4.53. The highest BCUT2D eigenvalue weighted by atomic mass is 35.5. The molecule has 162 valence electrons. The molecule has 30 heavy (non-hydrogen) atoms. The van der Waals surface area contributed by atoms with Gasteiger partial charge in [0.1, 0.15) is 0 Å². The molecule has 1 aliphatic rings. The Morgan fingerprint density at radius 1 is 1.17 bits per heavy atom. The smallest absolute Gasteiger partial charge is 0.254 e. The second-order valence-corrected chi connectivity index (χ2v) is 8.11. The van der Waals surface area contributed by atoms with Gasteiger partial charge in [0.25, 0.3) is 5.91 Å². The van der Waals surface area contributed by atoms with Crippen LogP contribution in [-0.4, -0.2) is 61.2 Å². The lowest BCUT2D eigenvalue weighted by atomic mass is 10.1. The predicted octanol–water partition coefficient (Wildman–Crippen LogP) is 3.52. The number of halogens is 1. The zero-order valence-corrected chi connectivity index (χ0v) is 19.0. The second-order valence-electron chi connectivity index (χ2n) is 8.11. The Hall–Kier alpha value is -2.38. The van der Waals surface area contributed by atoms with Gasteiger partial charge in [0.05, 0.1) is 23.1 Å². The molecule has 0 bridgehead atoms. The van der Waals surface area contributed by atoms with Gasteiger partial charge in [-0.25, -0.2) is 4.98 Å². The van der Waals surface area contributed by atoms with Crippen LogP contribution in [0.3, 0.4) is 0 Å². The van der Waals surface area contributed by atoms with Crippen LogP contribution in [0.4, 0.5) is 0 Å². The highest BCUT2D eigenvalue weighted by molar-refractivity contribution is 5.97. The molecule has 0 atom stereocenters.